The number of nitrogens with one attached hydrogen (secondary N) is 1. The van der Waals surface area contributed by atoms with Crippen LogP contribution in [0.5, 0.6) is 23.0 Å². The molecule has 2 aromatic carbocycles. The number of nitrogens with two attached hydrogens (primary N) is 1. The van der Waals surface area contributed by atoms with Gasteiger partial charge in [-0.3, -0.25) is 4.79 Å². The molecule has 9 heteroatoms. The van der Waals surface area contributed by atoms with Crippen molar-refractivity contribution in [2.45, 2.75) is 6.42 Å². The number of hydrogen-bond acceptors (Lipinski definition) is 8. The maximum Gasteiger partial charge on any atom is 0.225 e. The fraction of sp³-hybridized carbons (Fsp3) is 0.273. The van der Waals surface area contributed by atoms with Crippen LogP contribution in [0.3, 0.4) is 0 Å². The summed E-state index contributed by atoms with van der Waals surface area (Å²) in [5, 5.41) is 6.79. The van der Waals surface area contributed by atoms with Crippen LogP contribution in [-0.2, 0) is 4.79 Å². The molecule has 1 aromatic heterocycles. The Balaban J connectivity index is 2.07. The van der Waals surface area contributed by atoms with E-state index in [1.165, 1.54) is 14.2 Å². The second-order valence-corrected chi connectivity index (χ2v) is 6.48. The van der Waals surface area contributed by atoms with Gasteiger partial charge >= 0.3 is 0 Å². The van der Waals surface area contributed by atoms with Crippen LogP contribution in [0, 0.1) is 0 Å². The molecule has 0 aliphatic carbocycles. The van der Waals surface area contributed by atoms with Crippen LogP contribution in [-0.4, -0.2) is 46.0 Å². The molecule has 0 radical (unpaired) electrons. The van der Waals surface area contributed by atoms with Gasteiger partial charge in [0.05, 0.1) is 40.3 Å². The summed E-state index contributed by atoms with van der Waals surface area (Å²) in [6, 6.07) is 8.96. The van der Waals surface area contributed by atoms with Crippen LogP contribution in [0.25, 0.3) is 22.5 Å². The van der Waals surface area contributed by atoms with Gasteiger partial charge in [0.2, 0.25) is 11.7 Å². The van der Waals surface area contributed by atoms with Gasteiger partial charge in [-0.15, -0.1) is 0 Å². The molecule has 0 spiro atoms. The predicted molar refractivity (Wildman–Crippen MR) is 116 cm³/mol. The lowest BCUT2D eigenvalue weighted by molar-refractivity contribution is -0.116. The second kappa shape index (κ2) is 9.86. The molecule has 0 saturated carbocycles. The second-order valence-electron chi connectivity index (χ2n) is 6.48. The number of carbonyl (C=O) groups excluding carboxylic acids is 1. The van der Waals surface area contributed by atoms with E-state index in [2.05, 4.69) is 10.5 Å². The molecule has 0 fully saturated rings. The Bertz CT molecular complexity index is 1040. The number of aromatic nitrogens is 1. The number of anilines is 1. The van der Waals surface area contributed by atoms with E-state index in [9.17, 15) is 4.79 Å². The molecule has 0 aliphatic heterocycles. The van der Waals surface area contributed by atoms with Crippen molar-refractivity contribution in [2.24, 2.45) is 5.73 Å². The Labute approximate surface area is 180 Å². The van der Waals surface area contributed by atoms with Crippen LogP contribution in [0.4, 0.5) is 5.69 Å². The highest BCUT2D eigenvalue weighted by Gasteiger charge is 2.20. The number of amides is 1. The Morgan fingerprint density at radius 2 is 1.65 bits per heavy atom. The molecule has 1 amide bonds. The zero-order valence-corrected chi connectivity index (χ0v) is 17.9. The summed E-state index contributed by atoms with van der Waals surface area (Å²) in [6.45, 7) is 0.255. The van der Waals surface area contributed by atoms with Crippen molar-refractivity contribution in [3.63, 3.8) is 0 Å². The highest BCUT2D eigenvalue weighted by atomic mass is 16.5. The van der Waals surface area contributed by atoms with E-state index in [4.69, 9.17) is 29.2 Å². The molecular formula is C22H25N3O6. The number of carbonyl (C=O) groups is 1. The number of rotatable bonds is 9. The molecule has 31 heavy (non-hydrogen) atoms. The Hall–Kier alpha value is -3.72. The van der Waals surface area contributed by atoms with E-state index in [1.807, 2.05) is 6.07 Å². The van der Waals surface area contributed by atoms with Crippen molar-refractivity contribution in [3.8, 4) is 45.4 Å². The predicted octanol–water partition coefficient (Wildman–Crippen LogP) is 3.33. The van der Waals surface area contributed by atoms with E-state index < -0.39 is 0 Å². The average Bonchev–Trinajstić information content (AvgIpc) is 3.28. The van der Waals surface area contributed by atoms with Crippen LogP contribution < -0.4 is 30.0 Å². The number of benzene rings is 2. The maximum atomic E-state index is 12.1. The smallest absolute Gasteiger partial charge is 0.225 e. The molecule has 3 N–H and O–H groups in total. The van der Waals surface area contributed by atoms with Crippen molar-refractivity contribution in [1.82, 2.24) is 5.16 Å². The molecule has 9 nitrogen and oxygen atoms in total. The standard InChI is InChI=1S/C22H25N3O6/c1-27-17-6-5-13(9-16(17)25-20(26)7-8-23)15-12-24-31-21(15)14-10-18(28-2)22(30-4)19(11-14)29-3/h5-6,9-12H,7-8,23H2,1-4H3,(H,25,26). The summed E-state index contributed by atoms with van der Waals surface area (Å²) in [5.74, 6) is 2.29. The summed E-state index contributed by atoms with van der Waals surface area (Å²) in [7, 11) is 6.16. The minimum atomic E-state index is -0.201. The number of hydrogen-bond donors (Lipinski definition) is 2. The van der Waals surface area contributed by atoms with Gasteiger partial charge in [-0.05, 0) is 29.8 Å². The summed E-state index contributed by atoms with van der Waals surface area (Å²) in [5.41, 5.74) is 8.17. The van der Waals surface area contributed by atoms with Gasteiger partial charge in [0.25, 0.3) is 0 Å². The van der Waals surface area contributed by atoms with Crippen LogP contribution in [0.15, 0.2) is 41.1 Å². The van der Waals surface area contributed by atoms with Crippen molar-refractivity contribution in [3.05, 3.63) is 36.5 Å². The average molecular weight is 427 g/mol. The fourth-order valence-electron chi connectivity index (χ4n) is 3.18. The van der Waals surface area contributed by atoms with Gasteiger partial charge in [0.1, 0.15) is 5.75 Å². The van der Waals surface area contributed by atoms with Crippen LogP contribution in [0.2, 0.25) is 0 Å². The van der Waals surface area contributed by atoms with Gasteiger partial charge in [-0.25, -0.2) is 0 Å². The van der Waals surface area contributed by atoms with E-state index in [0.29, 0.717) is 45.6 Å². The summed E-state index contributed by atoms with van der Waals surface area (Å²) >= 11 is 0. The Morgan fingerprint density at radius 3 is 2.23 bits per heavy atom. The minimum absolute atomic E-state index is 0.201. The summed E-state index contributed by atoms with van der Waals surface area (Å²) < 4.78 is 27.2. The maximum absolute atomic E-state index is 12.1. The highest BCUT2D eigenvalue weighted by molar-refractivity contribution is 5.94. The lowest BCUT2D eigenvalue weighted by Crippen LogP contribution is -2.16. The van der Waals surface area contributed by atoms with E-state index in [0.717, 1.165) is 5.56 Å². The van der Waals surface area contributed by atoms with Crippen molar-refractivity contribution >= 4 is 11.6 Å². The van der Waals surface area contributed by atoms with Crippen molar-refractivity contribution in [1.29, 1.82) is 0 Å². The lowest BCUT2D eigenvalue weighted by Gasteiger charge is -2.14. The Morgan fingerprint density at radius 1 is 0.968 bits per heavy atom. The SMILES string of the molecule is COc1ccc(-c2cnoc2-c2cc(OC)c(OC)c(OC)c2)cc1NC(=O)CCN. The Kier molecular flexibility index (Phi) is 6.99. The lowest BCUT2D eigenvalue weighted by atomic mass is 10.0. The quantitative estimate of drug-likeness (QED) is 0.534. The van der Waals surface area contributed by atoms with Gasteiger partial charge in [0.15, 0.2) is 17.3 Å². The van der Waals surface area contributed by atoms with Crippen LogP contribution >= 0.6 is 0 Å². The first kappa shape index (κ1) is 22.0. The highest BCUT2D eigenvalue weighted by Crippen LogP contribution is 2.43. The van der Waals surface area contributed by atoms with E-state index in [-0.39, 0.29) is 18.9 Å². The molecule has 0 atom stereocenters. The third-order valence-electron chi connectivity index (χ3n) is 4.65. The molecule has 1 heterocycles. The van der Waals surface area contributed by atoms with Gasteiger partial charge in [0, 0.05) is 24.1 Å². The zero-order chi connectivity index (χ0) is 22.4. The number of nitrogens with zero attached hydrogens (tertiary/aromatic N) is 1. The van der Waals surface area contributed by atoms with Gasteiger partial charge in [-0.2, -0.15) is 0 Å². The summed E-state index contributed by atoms with van der Waals surface area (Å²) in [6.07, 6.45) is 1.81. The van der Waals surface area contributed by atoms with Crippen LogP contribution in [0.1, 0.15) is 6.42 Å². The molecule has 0 bridgehead atoms. The topological polar surface area (TPSA) is 118 Å². The minimum Gasteiger partial charge on any atom is -0.495 e. The fourth-order valence-corrected chi connectivity index (χ4v) is 3.18. The van der Waals surface area contributed by atoms with Crippen molar-refractivity contribution < 1.29 is 28.3 Å². The molecule has 164 valence electrons. The monoisotopic (exact) mass is 427 g/mol. The van der Waals surface area contributed by atoms with E-state index >= 15 is 0 Å². The summed E-state index contributed by atoms with van der Waals surface area (Å²) in [4.78, 5) is 12.1. The third-order valence-corrected chi connectivity index (χ3v) is 4.65. The molecule has 0 unspecified atom stereocenters. The first-order valence-corrected chi connectivity index (χ1v) is 9.49. The first-order chi connectivity index (χ1) is 15.1. The molecule has 3 aromatic rings. The van der Waals surface area contributed by atoms with Gasteiger partial charge in [-0.1, -0.05) is 11.2 Å². The zero-order valence-electron chi connectivity index (χ0n) is 17.9. The first-order valence-electron chi connectivity index (χ1n) is 9.49. The molecule has 3 rings (SSSR count). The molecule has 0 aliphatic rings. The normalized spacial score (nSPS) is 10.5. The van der Waals surface area contributed by atoms with Crippen molar-refractivity contribution in [2.75, 3.05) is 40.3 Å². The molecule has 0 saturated heterocycles. The van der Waals surface area contributed by atoms with E-state index in [1.54, 1.807) is 44.7 Å². The van der Waals surface area contributed by atoms with Gasteiger partial charge < -0.3 is 34.5 Å². The molecular weight excluding hydrogens is 402 g/mol. The third kappa shape index (κ3) is 4.56. The largest absolute Gasteiger partial charge is 0.495 e. The number of ether oxygens (including phenoxy) is 4. The number of methoxy groups -OCH3 is 4.